The van der Waals surface area contributed by atoms with Crippen LogP contribution in [-0.4, -0.2) is 23.3 Å². The topological polar surface area (TPSA) is 20.3 Å². The van der Waals surface area contributed by atoms with Crippen LogP contribution in [0, 0.1) is 5.82 Å². The largest absolute Gasteiger partial charge is 0.300 e. The summed E-state index contributed by atoms with van der Waals surface area (Å²) in [5, 5.41) is 0.462. The molecule has 1 aromatic carbocycles. The van der Waals surface area contributed by atoms with Gasteiger partial charge in [-0.15, -0.1) is 0 Å². The number of benzene rings is 1. The van der Waals surface area contributed by atoms with Crippen LogP contribution < -0.4 is 0 Å². The average molecular weight is 270 g/mol. The first-order chi connectivity index (χ1) is 8.58. The van der Waals surface area contributed by atoms with Gasteiger partial charge in [-0.1, -0.05) is 17.7 Å². The lowest BCUT2D eigenvalue weighted by atomic mass is 10.1. The minimum atomic E-state index is -0.268. The third-order valence-corrected chi connectivity index (χ3v) is 3.80. The quantitative estimate of drug-likeness (QED) is 0.835. The number of hydrogen-bond acceptors (Lipinski definition) is 2. The van der Waals surface area contributed by atoms with E-state index in [1.165, 1.54) is 6.07 Å². The van der Waals surface area contributed by atoms with Gasteiger partial charge in [0.05, 0.1) is 0 Å². The molecule has 0 bridgehead atoms. The molecule has 0 aromatic heterocycles. The first-order valence-electron chi connectivity index (χ1n) is 6.24. The Kier molecular flexibility index (Phi) is 4.36. The molecule has 1 saturated heterocycles. The Labute approximate surface area is 112 Å². The maximum Gasteiger partial charge on any atom is 0.131 e. The lowest BCUT2D eigenvalue weighted by molar-refractivity contribution is -0.118. The smallest absolute Gasteiger partial charge is 0.131 e. The summed E-state index contributed by atoms with van der Waals surface area (Å²) in [6.07, 6.45) is 2.61. The Morgan fingerprint density at radius 3 is 3.00 bits per heavy atom. The fourth-order valence-corrected chi connectivity index (χ4v) is 2.78. The molecule has 1 unspecified atom stereocenters. The van der Waals surface area contributed by atoms with Crippen molar-refractivity contribution in [3.8, 4) is 0 Å². The van der Waals surface area contributed by atoms with Crippen molar-refractivity contribution >= 4 is 17.4 Å². The number of ketones is 1. The molecule has 2 rings (SSSR count). The molecule has 2 nitrogen and oxygen atoms in total. The van der Waals surface area contributed by atoms with Crippen LogP contribution in [-0.2, 0) is 11.3 Å². The maximum atomic E-state index is 13.7. The number of likely N-dealkylation sites (tertiary alicyclic amines) is 1. The van der Waals surface area contributed by atoms with E-state index in [1.54, 1.807) is 19.1 Å². The number of hydrogen-bond donors (Lipinski definition) is 0. The van der Waals surface area contributed by atoms with Gasteiger partial charge < -0.3 is 0 Å². The predicted octanol–water partition coefficient (Wildman–Crippen LogP) is 3.42. The summed E-state index contributed by atoms with van der Waals surface area (Å²) in [4.78, 5) is 13.4. The lowest BCUT2D eigenvalue weighted by Gasteiger charge is -2.24. The second-order valence-electron chi connectivity index (χ2n) is 4.87. The highest BCUT2D eigenvalue weighted by molar-refractivity contribution is 6.31. The van der Waals surface area contributed by atoms with Crippen LogP contribution in [0.3, 0.4) is 0 Å². The highest BCUT2D eigenvalue weighted by atomic mass is 35.5. The second-order valence-corrected chi connectivity index (χ2v) is 5.28. The summed E-state index contributed by atoms with van der Waals surface area (Å²) in [6, 6.07) is 4.98. The van der Waals surface area contributed by atoms with Crippen molar-refractivity contribution in [3.63, 3.8) is 0 Å². The Balaban J connectivity index is 2.10. The summed E-state index contributed by atoms with van der Waals surface area (Å²) in [7, 11) is 0. The number of halogens is 2. The Morgan fingerprint density at radius 2 is 2.33 bits per heavy atom. The van der Waals surface area contributed by atoms with Crippen molar-refractivity contribution < 1.29 is 9.18 Å². The fraction of sp³-hybridized carbons (Fsp3) is 0.500. The Morgan fingerprint density at radius 1 is 1.56 bits per heavy atom. The average Bonchev–Trinajstić information content (AvgIpc) is 2.70. The molecule has 1 fully saturated rings. The fourth-order valence-electron chi connectivity index (χ4n) is 2.55. The van der Waals surface area contributed by atoms with Crippen LogP contribution in [0.1, 0.15) is 31.7 Å². The zero-order valence-electron chi connectivity index (χ0n) is 10.5. The molecule has 0 saturated carbocycles. The molecule has 0 radical (unpaired) electrons. The van der Waals surface area contributed by atoms with Crippen LogP contribution in [0.4, 0.5) is 4.39 Å². The van der Waals surface area contributed by atoms with Gasteiger partial charge in [-0.3, -0.25) is 9.69 Å². The lowest BCUT2D eigenvalue weighted by Crippen LogP contribution is -2.30. The Bertz CT molecular complexity index is 429. The molecule has 1 aliphatic rings. The van der Waals surface area contributed by atoms with Gasteiger partial charge in [0.2, 0.25) is 0 Å². The number of Topliss-reactive ketones (excluding diaryl/α,β-unsaturated/α-hetero) is 1. The highest BCUT2D eigenvalue weighted by Gasteiger charge is 2.26. The minimum absolute atomic E-state index is 0.187. The molecule has 18 heavy (non-hydrogen) atoms. The van der Waals surface area contributed by atoms with Crippen LogP contribution in [0.25, 0.3) is 0 Å². The molecule has 0 spiro atoms. The van der Waals surface area contributed by atoms with Gasteiger partial charge in [0.15, 0.2) is 0 Å². The van der Waals surface area contributed by atoms with Crippen molar-refractivity contribution in [1.29, 1.82) is 0 Å². The number of carbonyl (C=O) groups excluding carboxylic acids is 1. The van der Waals surface area contributed by atoms with Crippen molar-refractivity contribution in [2.75, 3.05) is 6.54 Å². The zero-order valence-corrected chi connectivity index (χ0v) is 11.2. The van der Waals surface area contributed by atoms with E-state index in [4.69, 9.17) is 11.6 Å². The number of nitrogens with zero attached hydrogens (tertiary/aromatic N) is 1. The normalized spacial score (nSPS) is 20.3. The van der Waals surface area contributed by atoms with E-state index >= 15 is 0 Å². The molecular weight excluding hydrogens is 253 g/mol. The van der Waals surface area contributed by atoms with Gasteiger partial charge in [-0.25, -0.2) is 4.39 Å². The Hall–Kier alpha value is -0.930. The summed E-state index contributed by atoms with van der Waals surface area (Å²) >= 11 is 6.03. The third kappa shape index (κ3) is 3.09. The minimum Gasteiger partial charge on any atom is -0.300 e. The molecule has 0 amide bonds. The molecule has 98 valence electrons. The van der Waals surface area contributed by atoms with Crippen LogP contribution in [0.5, 0.6) is 0 Å². The highest BCUT2D eigenvalue weighted by Crippen LogP contribution is 2.26. The van der Waals surface area contributed by atoms with Gasteiger partial charge in [-0.2, -0.15) is 0 Å². The first-order valence-corrected chi connectivity index (χ1v) is 6.62. The zero-order chi connectivity index (χ0) is 13.1. The van der Waals surface area contributed by atoms with Gasteiger partial charge in [0, 0.05) is 29.6 Å². The molecule has 4 heteroatoms. The molecule has 1 atom stereocenters. The monoisotopic (exact) mass is 269 g/mol. The van der Waals surface area contributed by atoms with E-state index in [1.807, 2.05) is 0 Å². The van der Waals surface area contributed by atoms with E-state index in [2.05, 4.69) is 4.90 Å². The van der Waals surface area contributed by atoms with Crippen LogP contribution >= 0.6 is 11.6 Å². The van der Waals surface area contributed by atoms with Crippen molar-refractivity contribution in [2.45, 2.75) is 38.8 Å². The van der Waals surface area contributed by atoms with Gasteiger partial charge in [-0.05, 0) is 38.4 Å². The summed E-state index contributed by atoms with van der Waals surface area (Å²) < 4.78 is 13.7. The van der Waals surface area contributed by atoms with Crippen molar-refractivity contribution in [3.05, 3.63) is 34.6 Å². The number of carbonyl (C=O) groups is 1. The second kappa shape index (κ2) is 5.81. The molecule has 0 N–H and O–H groups in total. The molecule has 1 aromatic rings. The summed E-state index contributed by atoms with van der Waals surface area (Å²) in [6.45, 7) is 3.00. The first kappa shape index (κ1) is 13.5. The molecular formula is C14H17ClFNO. The van der Waals surface area contributed by atoms with E-state index in [0.29, 0.717) is 23.6 Å². The summed E-state index contributed by atoms with van der Waals surface area (Å²) in [5.41, 5.74) is 0.537. The number of rotatable bonds is 4. The predicted molar refractivity (Wildman–Crippen MR) is 70.1 cm³/mol. The maximum absolute atomic E-state index is 13.7. The molecule has 0 aliphatic carbocycles. The standard InChI is InChI=1S/C14H17ClFNO/c1-10(18)8-11-4-3-7-17(11)9-12-13(15)5-2-6-14(12)16/h2,5-6,11H,3-4,7-9H2,1H3. The van der Waals surface area contributed by atoms with Crippen molar-refractivity contribution in [1.82, 2.24) is 4.90 Å². The van der Waals surface area contributed by atoms with E-state index < -0.39 is 0 Å². The van der Waals surface area contributed by atoms with Gasteiger partial charge in [0.1, 0.15) is 11.6 Å². The van der Waals surface area contributed by atoms with Gasteiger partial charge >= 0.3 is 0 Å². The van der Waals surface area contributed by atoms with E-state index in [-0.39, 0.29) is 17.6 Å². The van der Waals surface area contributed by atoms with Crippen molar-refractivity contribution in [2.24, 2.45) is 0 Å². The SMILES string of the molecule is CC(=O)CC1CCCN1Cc1c(F)cccc1Cl. The molecule has 1 heterocycles. The van der Waals surface area contributed by atoms with Gasteiger partial charge in [0.25, 0.3) is 0 Å². The third-order valence-electron chi connectivity index (χ3n) is 3.45. The van der Waals surface area contributed by atoms with Crippen LogP contribution in [0.15, 0.2) is 18.2 Å². The molecule has 1 aliphatic heterocycles. The van der Waals surface area contributed by atoms with Crippen LogP contribution in [0.2, 0.25) is 5.02 Å². The van der Waals surface area contributed by atoms with E-state index in [9.17, 15) is 9.18 Å². The van der Waals surface area contributed by atoms with E-state index in [0.717, 1.165) is 19.4 Å². The summed E-state index contributed by atoms with van der Waals surface area (Å²) in [5.74, 6) is -0.0810.